The van der Waals surface area contributed by atoms with Gasteiger partial charge in [-0.05, 0) is 36.1 Å². The van der Waals surface area contributed by atoms with Crippen LogP contribution < -0.4 is 9.47 Å². The molecule has 0 radical (unpaired) electrons. The molecule has 0 saturated carbocycles. The van der Waals surface area contributed by atoms with Gasteiger partial charge in [-0.2, -0.15) is 0 Å². The second-order valence-corrected chi connectivity index (χ2v) is 11.3. The number of ether oxygens (including phenoxy) is 2. The molecule has 0 unspecified atom stereocenters. The number of allylic oxidation sites excluding steroid dienone is 1. The summed E-state index contributed by atoms with van der Waals surface area (Å²) in [6.45, 7) is 5.40. The van der Waals surface area contributed by atoms with Crippen LogP contribution in [0, 0.1) is 0 Å². The van der Waals surface area contributed by atoms with Gasteiger partial charge in [0.15, 0.2) is 26.5 Å². The van der Waals surface area contributed by atoms with Crippen LogP contribution in [0.4, 0.5) is 0 Å². The van der Waals surface area contributed by atoms with Crippen molar-refractivity contribution < 1.29 is 22.7 Å². The number of hydrogen-bond acceptors (Lipinski definition) is 8. The van der Waals surface area contributed by atoms with E-state index in [0.717, 1.165) is 17.5 Å². The maximum absolute atomic E-state index is 13.0. The van der Waals surface area contributed by atoms with E-state index in [4.69, 9.17) is 9.47 Å². The average molecular weight is 493 g/mol. The number of fused-ring (bicyclic) bond motifs is 1. The van der Waals surface area contributed by atoms with Crippen molar-refractivity contribution in [2.24, 2.45) is 0 Å². The molecule has 0 N–H and O–H groups in total. The number of carbonyl (C=O) groups is 1. The monoisotopic (exact) mass is 492 g/mol. The Labute approximate surface area is 198 Å². The Bertz CT molecular complexity index is 1160. The lowest BCUT2D eigenvalue weighted by Gasteiger charge is -2.29. The molecule has 11 heteroatoms. The highest BCUT2D eigenvalue weighted by atomic mass is 32.2. The van der Waals surface area contributed by atoms with Crippen LogP contribution in [0.2, 0.25) is 0 Å². The van der Waals surface area contributed by atoms with E-state index in [1.54, 1.807) is 20.3 Å². The summed E-state index contributed by atoms with van der Waals surface area (Å²) in [7, 11) is 0.180. The van der Waals surface area contributed by atoms with Crippen molar-refractivity contribution in [1.29, 1.82) is 0 Å². The molecule has 2 aliphatic rings. The van der Waals surface area contributed by atoms with E-state index in [-0.39, 0.29) is 29.1 Å². The minimum atomic E-state index is -3.03. The van der Waals surface area contributed by atoms with Gasteiger partial charge in [0.25, 0.3) is 0 Å². The summed E-state index contributed by atoms with van der Waals surface area (Å²) in [5, 5.41) is 9.12. The molecule has 178 valence electrons. The Balaban J connectivity index is 1.44. The molecule has 1 amide bonds. The van der Waals surface area contributed by atoms with Crippen molar-refractivity contribution in [3.8, 4) is 11.5 Å². The summed E-state index contributed by atoms with van der Waals surface area (Å²) in [6.07, 6.45) is 3.02. The highest BCUT2D eigenvalue weighted by Crippen LogP contribution is 2.34. The Morgan fingerprint density at radius 1 is 1.24 bits per heavy atom. The van der Waals surface area contributed by atoms with Crippen molar-refractivity contribution in [2.45, 2.75) is 37.0 Å². The highest BCUT2D eigenvalue weighted by Gasteiger charge is 2.33. The van der Waals surface area contributed by atoms with E-state index in [1.807, 2.05) is 21.6 Å². The Kier molecular flexibility index (Phi) is 6.99. The van der Waals surface area contributed by atoms with Crippen molar-refractivity contribution >= 4 is 27.5 Å². The lowest BCUT2D eigenvalue weighted by atomic mass is 9.99. The molecule has 1 fully saturated rings. The Hall–Kier alpha value is -2.53. The van der Waals surface area contributed by atoms with E-state index >= 15 is 0 Å². The highest BCUT2D eigenvalue weighted by molar-refractivity contribution is 7.99. The van der Waals surface area contributed by atoms with Crippen LogP contribution in [-0.4, -0.2) is 72.0 Å². The van der Waals surface area contributed by atoms with Crippen molar-refractivity contribution in [1.82, 2.24) is 19.7 Å². The zero-order valence-electron chi connectivity index (χ0n) is 18.8. The fourth-order valence-corrected chi connectivity index (χ4v) is 6.92. The smallest absolute Gasteiger partial charge is 0.233 e. The third-order valence-corrected chi connectivity index (χ3v) is 8.77. The number of thioether (sulfide) groups is 1. The fourth-order valence-electron chi connectivity index (χ4n) is 4.32. The van der Waals surface area contributed by atoms with E-state index in [2.05, 4.69) is 16.8 Å². The summed E-state index contributed by atoms with van der Waals surface area (Å²) < 4.78 is 36.4. The van der Waals surface area contributed by atoms with Crippen molar-refractivity contribution in [3.05, 3.63) is 41.7 Å². The summed E-state index contributed by atoms with van der Waals surface area (Å²) >= 11 is 1.32. The molecule has 3 heterocycles. The summed E-state index contributed by atoms with van der Waals surface area (Å²) in [4.78, 5) is 14.8. The van der Waals surface area contributed by atoms with Gasteiger partial charge in [0.1, 0.15) is 5.82 Å². The molecule has 0 aliphatic carbocycles. The van der Waals surface area contributed by atoms with Crippen LogP contribution >= 0.6 is 11.8 Å². The second kappa shape index (κ2) is 9.76. The second-order valence-electron chi connectivity index (χ2n) is 8.17. The normalized spacial score (nSPS) is 19.2. The number of benzene rings is 1. The number of methoxy groups -OCH3 is 2. The van der Waals surface area contributed by atoms with Crippen LogP contribution in [-0.2, 0) is 34.1 Å². The maximum Gasteiger partial charge on any atom is 0.233 e. The first-order valence-electron chi connectivity index (χ1n) is 10.7. The molecule has 0 spiro atoms. The van der Waals surface area contributed by atoms with Crippen LogP contribution in [0.1, 0.15) is 29.3 Å². The molecule has 1 saturated heterocycles. The molecule has 2 aromatic rings. The van der Waals surface area contributed by atoms with Gasteiger partial charge in [-0.15, -0.1) is 16.8 Å². The van der Waals surface area contributed by atoms with Crippen LogP contribution in [0.25, 0.3) is 0 Å². The fraction of sp³-hybridized carbons (Fsp3) is 0.500. The number of nitrogens with zero attached hydrogens (tertiary/aromatic N) is 4. The van der Waals surface area contributed by atoms with Crippen LogP contribution in [0.3, 0.4) is 0 Å². The molecular formula is C22H28N4O5S2. The lowest BCUT2D eigenvalue weighted by Crippen LogP contribution is -2.37. The van der Waals surface area contributed by atoms with Gasteiger partial charge in [-0.25, -0.2) is 8.42 Å². The molecule has 0 bridgehead atoms. The summed E-state index contributed by atoms with van der Waals surface area (Å²) in [6, 6.07) is 3.91. The number of carbonyl (C=O) groups excluding carboxylic acids is 1. The van der Waals surface area contributed by atoms with Gasteiger partial charge in [0.05, 0.1) is 31.5 Å². The Morgan fingerprint density at radius 3 is 2.61 bits per heavy atom. The minimum Gasteiger partial charge on any atom is -0.493 e. The predicted molar refractivity (Wildman–Crippen MR) is 126 cm³/mol. The van der Waals surface area contributed by atoms with Crippen LogP contribution in [0.5, 0.6) is 11.5 Å². The zero-order chi connectivity index (χ0) is 23.6. The first-order valence-corrected chi connectivity index (χ1v) is 13.5. The zero-order valence-corrected chi connectivity index (χ0v) is 20.5. The van der Waals surface area contributed by atoms with E-state index < -0.39 is 9.84 Å². The van der Waals surface area contributed by atoms with Crippen molar-refractivity contribution in [3.63, 3.8) is 0 Å². The number of rotatable bonds is 8. The van der Waals surface area contributed by atoms with Gasteiger partial charge in [0, 0.05) is 25.6 Å². The third-order valence-electron chi connectivity index (χ3n) is 6.05. The Morgan fingerprint density at radius 2 is 1.97 bits per heavy atom. The van der Waals surface area contributed by atoms with Crippen LogP contribution in [0.15, 0.2) is 29.9 Å². The van der Waals surface area contributed by atoms with Gasteiger partial charge >= 0.3 is 0 Å². The molecule has 1 aromatic heterocycles. The van der Waals surface area contributed by atoms with E-state index in [1.165, 1.54) is 11.8 Å². The molecular weight excluding hydrogens is 464 g/mol. The maximum atomic E-state index is 13.0. The van der Waals surface area contributed by atoms with Gasteiger partial charge in [-0.1, -0.05) is 17.8 Å². The first kappa shape index (κ1) is 23.6. The molecule has 1 aromatic carbocycles. The molecule has 33 heavy (non-hydrogen) atoms. The largest absolute Gasteiger partial charge is 0.493 e. The SMILES string of the molecule is C=CCn1c(SCC(=O)N2CCc3cc(OC)c(OC)cc3C2)nnc1[C@@H]1CCS(=O)(=O)C1. The number of hydrogen-bond donors (Lipinski definition) is 0. The van der Waals surface area contributed by atoms with Crippen molar-refractivity contribution in [2.75, 3.05) is 38.0 Å². The van der Waals surface area contributed by atoms with E-state index in [0.29, 0.717) is 48.5 Å². The third kappa shape index (κ3) is 5.03. The standard InChI is InChI=1S/C22H28N4O5S2/c1-4-7-26-21(16-6-9-33(28,29)14-16)23-24-22(26)32-13-20(27)25-8-5-15-10-18(30-2)19(31-3)11-17(15)12-25/h4,10-11,16H,1,5-9,12-14H2,2-3H3/t16-/m1/s1. The molecule has 4 rings (SSSR count). The van der Waals surface area contributed by atoms with Gasteiger partial charge in [0.2, 0.25) is 5.91 Å². The van der Waals surface area contributed by atoms with E-state index in [9.17, 15) is 13.2 Å². The van der Waals surface area contributed by atoms with Gasteiger partial charge in [-0.3, -0.25) is 4.79 Å². The summed E-state index contributed by atoms with van der Waals surface area (Å²) in [5.74, 6) is 2.33. The minimum absolute atomic E-state index is 0.0126. The molecule has 2 aliphatic heterocycles. The molecule has 1 atom stereocenters. The lowest BCUT2D eigenvalue weighted by molar-refractivity contribution is -0.129. The molecule has 9 nitrogen and oxygen atoms in total. The number of amides is 1. The topological polar surface area (TPSA) is 104 Å². The summed E-state index contributed by atoms with van der Waals surface area (Å²) in [5.41, 5.74) is 2.21. The number of aromatic nitrogens is 3. The quantitative estimate of drug-likeness (QED) is 0.408. The number of sulfone groups is 1. The first-order chi connectivity index (χ1) is 15.8. The average Bonchev–Trinajstić information content (AvgIpc) is 3.38. The predicted octanol–water partition coefficient (Wildman–Crippen LogP) is 2.06. The van der Waals surface area contributed by atoms with Gasteiger partial charge < -0.3 is 18.9 Å².